The molecule has 96 valence electrons. The Balaban J connectivity index is 4.62. The van der Waals surface area contributed by atoms with Gasteiger partial charge in [-0.05, 0) is 13.8 Å². The van der Waals surface area contributed by atoms with E-state index in [-0.39, 0.29) is 6.61 Å². The van der Waals surface area contributed by atoms with Gasteiger partial charge < -0.3 is 4.74 Å². The highest BCUT2D eigenvalue weighted by Crippen LogP contribution is 2.05. The van der Waals surface area contributed by atoms with Crippen molar-refractivity contribution in [1.82, 2.24) is 0 Å². The molecule has 0 saturated heterocycles. The van der Waals surface area contributed by atoms with Gasteiger partial charge in [0, 0.05) is 6.26 Å². The highest BCUT2D eigenvalue weighted by Gasteiger charge is 2.29. The summed E-state index contributed by atoms with van der Waals surface area (Å²) in [6.45, 7) is 2.84. The number of sulfone groups is 2. The van der Waals surface area contributed by atoms with Gasteiger partial charge in [-0.3, -0.25) is 4.79 Å². The van der Waals surface area contributed by atoms with Crippen molar-refractivity contribution < 1.29 is 26.4 Å². The largest absolute Gasteiger partial charge is 0.465 e. The van der Waals surface area contributed by atoms with E-state index in [0.29, 0.717) is 0 Å². The highest BCUT2D eigenvalue weighted by molar-refractivity contribution is 7.95. The van der Waals surface area contributed by atoms with Gasteiger partial charge in [0.2, 0.25) is 0 Å². The summed E-state index contributed by atoms with van der Waals surface area (Å²) in [4.78, 5) is 11.2. The molecule has 1 unspecified atom stereocenters. The minimum Gasteiger partial charge on any atom is -0.465 e. The van der Waals surface area contributed by atoms with Gasteiger partial charge in [0.1, 0.15) is 9.84 Å². The van der Waals surface area contributed by atoms with Crippen molar-refractivity contribution >= 4 is 25.6 Å². The average molecular weight is 272 g/mol. The average Bonchev–Trinajstić information content (AvgIpc) is 2.13. The zero-order valence-electron chi connectivity index (χ0n) is 9.46. The maximum absolute atomic E-state index is 11.5. The normalized spacial score (nSPS) is 14.4. The smallest absolute Gasteiger partial charge is 0.324 e. The predicted molar refractivity (Wildman–Crippen MR) is 59.6 cm³/mol. The van der Waals surface area contributed by atoms with E-state index < -0.39 is 42.4 Å². The summed E-state index contributed by atoms with van der Waals surface area (Å²) >= 11 is 0. The number of hydrogen-bond acceptors (Lipinski definition) is 6. The second kappa shape index (κ2) is 5.62. The first-order valence-electron chi connectivity index (χ1n) is 4.66. The molecule has 0 rings (SSSR count). The molecular weight excluding hydrogens is 256 g/mol. The molecule has 0 aliphatic heterocycles. The summed E-state index contributed by atoms with van der Waals surface area (Å²) in [7, 11) is -7.13. The molecule has 1 atom stereocenters. The second-order valence-electron chi connectivity index (χ2n) is 3.39. The Morgan fingerprint density at radius 2 is 1.69 bits per heavy atom. The van der Waals surface area contributed by atoms with Crippen molar-refractivity contribution in [1.29, 1.82) is 0 Å². The van der Waals surface area contributed by atoms with E-state index in [2.05, 4.69) is 4.74 Å². The molecule has 0 fully saturated rings. The van der Waals surface area contributed by atoms with E-state index in [1.54, 1.807) is 6.92 Å². The van der Waals surface area contributed by atoms with Gasteiger partial charge in [-0.1, -0.05) is 0 Å². The number of carbonyl (C=O) groups excluding carboxylic acids is 1. The lowest BCUT2D eigenvalue weighted by atomic mass is 10.5. The van der Waals surface area contributed by atoms with Crippen molar-refractivity contribution in [3.05, 3.63) is 0 Å². The van der Waals surface area contributed by atoms with Crippen molar-refractivity contribution in [2.75, 3.05) is 24.4 Å². The molecule has 8 heteroatoms. The molecule has 0 bridgehead atoms. The van der Waals surface area contributed by atoms with E-state index in [1.807, 2.05) is 0 Å². The fraction of sp³-hybridized carbons (Fsp3) is 0.875. The lowest BCUT2D eigenvalue weighted by molar-refractivity contribution is -0.142. The molecule has 0 heterocycles. The van der Waals surface area contributed by atoms with Crippen LogP contribution in [-0.4, -0.2) is 52.4 Å². The lowest BCUT2D eigenvalue weighted by Crippen LogP contribution is -2.33. The third kappa shape index (κ3) is 5.45. The van der Waals surface area contributed by atoms with Gasteiger partial charge in [0.05, 0.1) is 18.1 Å². The molecule has 0 aliphatic rings. The summed E-state index contributed by atoms with van der Waals surface area (Å²) in [5.41, 5.74) is 0. The quantitative estimate of drug-likeness (QED) is 0.599. The fourth-order valence-corrected chi connectivity index (χ4v) is 3.71. The van der Waals surface area contributed by atoms with Gasteiger partial charge in [-0.15, -0.1) is 0 Å². The molecule has 16 heavy (non-hydrogen) atoms. The first kappa shape index (κ1) is 15.4. The maximum atomic E-state index is 11.5. The number of rotatable bonds is 6. The van der Waals surface area contributed by atoms with Crippen molar-refractivity contribution in [2.45, 2.75) is 19.1 Å². The van der Waals surface area contributed by atoms with Crippen LogP contribution in [0.25, 0.3) is 0 Å². The topological polar surface area (TPSA) is 94.6 Å². The number of esters is 1. The van der Waals surface area contributed by atoms with Crippen LogP contribution >= 0.6 is 0 Å². The monoisotopic (exact) mass is 272 g/mol. The Bertz CT molecular complexity index is 433. The third-order valence-electron chi connectivity index (χ3n) is 1.90. The SMILES string of the molecule is CCOC(=O)C(C)S(=O)(=O)CCS(C)(=O)=O. The lowest BCUT2D eigenvalue weighted by Gasteiger charge is -2.11. The Morgan fingerprint density at radius 1 is 1.19 bits per heavy atom. The van der Waals surface area contributed by atoms with Crippen LogP contribution < -0.4 is 0 Å². The molecule has 6 nitrogen and oxygen atoms in total. The molecule has 0 aromatic heterocycles. The minimum absolute atomic E-state index is 0.0881. The molecule has 0 aromatic carbocycles. The van der Waals surface area contributed by atoms with Crippen LogP contribution in [0.3, 0.4) is 0 Å². The Kier molecular flexibility index (Phi) is 5.40. The third-order valence-corrected chi connectivity index (χ3v) is 5.14. The first-order valence-corrected chi connectivity index (χ1v) is 8.43. The zero-order chi connectivity index (χ0) is 13.0. The van der Waals surface area contributed by atoms with Crippen LogP contribution in [0.1, 0.15) is 13.8 Å². The Hall–Kier alpha value is -0.630. The zero-order valence-corrected chi connectivity index (χ0v) is 11.1. The Labute approximate surface area is 95.8 Å². The van der Waals surface area contributed by atoms with Crippen LogP contribution in [0.2, 0.25) is 0 Å². The second-order valence-corrected chi connectivity index (χ2v) is 8.09. The molecule has 0 aliphatic carbocycles. The molecular formula is C8H16O6S2. The van der Waals surface area contributed by atoms with Gasteiger partial charge in [0.25, 0.3) is 0 Å². The van der Waals surface area contributed by atoms with Gasteiger partial charge in [-0.25, -0.2) is 16.8 Å². The van der Waals surface area contributed by atoms with Crippen molar-refractivity contribution in [3.63, 3.8) is 0 Å². The van der Waals surface area contributed by atoms with E-state index >= 15 is 0 Å². The standard InChI is InChI=1S/C8H16O6S2/c1-4-14-8(9)7(2)16(12,13)6-5-15(3,10)11/h7H,4-6H2,1-3H3. The van der Waals surface area contributed by atoms with E-state index in [0.717, 1.165) is 6.26 Å². The van der Waals surface area contributed by atoms with Gasteiger partial charge in [-0.2, -0.15) is 0 Å². The highest BCUT2D eigenvalue weighted by atomic mass is 32.2. The summed E-state index contributed by atoms with van der Waals surface area (Å²) in [6.07, 6.45) is 0.942. The molecule has 0 radical (unpaired) electrons. The Morgan fingerprint density at radius 3 is 2.06 bits per heavy atom. The van der Waals surface area contributed by atoms with Gasteiger partial charge >= 0.3 is 5.97 Å². The van der Waals surface area contributed by atoms with Crippen LogP contribution in [-0.2, 0) is 29.2 Å². The summed E-state index contributed by atoms with van der Waals surface area (Å²) in [5.74, 6) is -1.90. The molecule has 0 aromatic rings. The fourth-order valence-electron chi connectivity index (χ4n) is 0.851. The number of hydrogen-bond donors (Lipinski definition) is 0. The van der Waals surface area contributed by atoms with Crippen LogP contribution in [0, 0.1) is 0 Å². The predicted octanol–water partition coefficient (Wildman–Crippen LogP) is -0.603. The minimum atomic E-state index is -3.77. The van der Waals surface area contributed by atoms with Crippen LogP contribution in [0.15, 0.2) is 0 Å². The van der Waals surface area contributed by atoms with Crippen LogP contribution in [0.5, 0.6) is 0 Å². The van der Waals surface area contributed by atoms with Crippen molar-refractivity contribution in [2.24, 2.45) is 0 Å². The summed E-state index contributed by atoms with van der Waals surface area (Å²) in [6, 6.07) is 0. The van der Waals surface area contributed by atoms with Gasteiger partial charge in [0.15, 0.2) is 15.1 Å². The molecule has 0 N–H and O–H groups in total. The summed E-state index contributed by atoms with van der Waals surface area (Å²) < 4.78 is 49.2. The number of ether oxygens (including phenoxy) is 1. The van der Waals surface area contributed by atoms with Crippen molar-refractivity contribution in [3.8, 4) is 0 Å². The first-order chi connectivity index (χ1) is 7.10. The molecule has 0 saturated carbocycles. The summed E-state index contributed by atoms with van der Waals surface area (Å²) in [5, 5.41) is -1.32. The van der Waals surface area contributed by atoms with E-state index in [1.165, 1.54) is 6.92 Å². The van der Waals surface area contributed by atoms with Crippen LogP contribution in [0.4, 0.5) is 0 Å². The number of carbonyl (C=O) groups is 1. The molecule has 0 amide bonds. The maximum Gasteiger partial charge on any atom is 0.324 e. The van der Waals surface area contributed by atoms with E-state index in [9.17, 15) is 21.6 Å². The molecule has 0 spiro atoms. The van der Waals surface area contributed by atoms with E-state index in [4.69, 9.17) is 0 Å².